The third kappa shape index (κ3) is 4.27. The van der Waals surface area contributed by atoms with Crippen LogP contribution in [0.1, 0.15) is 34.7 Å². The molecule has 0 fully saturated rings. The smallest absolute Gasteiger partial charge is 0.305 e. The Balaban J connectivity index is 0.00000264. The highest BCUT2D eigenvalue weighted by molar-refractivity contribution is 5.85. The lowest BCUT2D eigenvalue weighted by molar-refractivity contribution is -0.137. The molecule has 23 heavy (non-hydrogen) atoms. The number of aryl methyl sites for hydroxylation is 1. The van der Waals surface area contributed by atoms with Crippen LogP contribution in [0.15, 0.2) is 48.5 Å². The second kappa shape index (κ2) is 7.53. The van der Waals surface area contributed by atoms with Crippen LogP contribution < -0.4 is 5.73 Å². The van der Waals surface area contributed by atoms with Crippen LogP contribution in [-0.4, -0.2) is 11.1 Å². The first-order valence-electron chi connectivity index (χ1n) is 6.84. The Hall–Kier alpha value is -1.98. The van der Waals surface area contributed by atoms with Crippen LogP contribution in [0.2, 0.25) is 0 Å². The Morgan fingerprint density at radius 3 is 2.48 bits per heavy atom. The van der Waals surface area contributed by atoms with Gasteiger partial charge in [-0.15, -0.1) is 12.4 Å². The van der Waals surface area contributed by atoms with Crippen molar-refractivity contribution in [1.29, 1.82) is 0 Å². The fourth-order valence-corrected chi connectivity index (χ4v) is 2.35. The summed E-state index contributed by atoms with van der Waals surface area (Å²) in [6.45, 7) is 1.63. The van der Waals surface area contributed by atoms with Gasteiger partial charge in [0.15, 0.2) is 0 Å². The van der Waals surface area contributed by atoms with Gasteiger partial charge in [0.25, 0.3) is 5.92 Å². The second-order valence-electron chi connectivity index (χ2n) is 5.22. The summed E-state index contributed by atoms with van der Waals surface area (Å²) < 4.78 is 29.4. The number of halogens is 3. The molecular formula is C17H18ClF2NO2. The SMILES string of the molecule is Cc1ccccc1C(F)(F)c1cccc([C@@H](N)CC(=O)O)c1.Cl. The summed E-state index contributed by atoms with van der Waals surface area (Å²) in [6.07, 6.45) is -0.306. The molecule has 0 bridgehead atoms. The molecule has 3 N–H and O–H groups in total. The number of aliphatic carboxylic acids is 1. The summed E-state index contributed by atoms with van der Waals surface area (Å²) in [5, 5.41) is 8.76. The number of carboxylic acids is 1. The van der Waals surface area contributed by atoms with E-state index in [4.69, 9.17) is 10.8 Å². The average molecular weight is 342 g/mol. The normalized spacial score (nSPS) is 12.3. The van der Waals surface area contributed by atoms with Gasteiger partial charge in [-0.05, 0) is 24.1 Å². The van der Waals surface area contributed by atoms with Crippen molar-refractivity contribution >= 4 is 18.4 Å². The monoisotopic (exact) mass is 341 g/mol. The molecule has 2 aromatic carbocycles. The van der Waals surface area contributed by atoms with Crippen LogP contribution in [0.3, 0.4) is 0 Å². The number of hydrogen-bond donors (Lipinski definition) is 2. The number of alkyl halides is 2. The van der Waals surface area contributed by atoms with Crippen molar-refractivity contribution in [3.05, 3.63) is 70.8 Å². The molecule has 0 amide bonds. The molecule has 0 heterocycles. The first-order valence-corrected chi connectivity index (χ1v) is 6.84. The van der Waals surface area contributed by atoms with Gasteiger partial charge in [0.1, 0.15) is 0 Å². The Labute approximate surface area is 139 Å². The zero-order valence-electron chi connectivity index (χ0n) is 12.5. The van der Waals surface area contributed by atoms with E-state index in [1.54, 1.807) is 31.2 Å². The summed E-state index contributed by atoms with van der Waals surface area (Å²) in [5.74, 6) is -4.23. The first kappa shape index (κ1) is 19.1. The predicted molar refractivity (Wildman–Crippen MR) is 87.0 cm³/mol. The number of benzene rings is 2. The van der Waals surface area contributed by atoms with Crippen molar-refractivity contribution in [3.63, 3.8) is 0 Å². The van der Waals surface area contributed by atoms with Gasteiger partial charge in [-0.3, -0.25) is 4.79 Å². The molecule has 0 unspecified atom stereocenters. The largest absolute Gasteiger partial charge is 0.481 e. The minimum atomic E-state index is -3.16. The molecule has 0 aliphatic carbocycles. The highest BCUT2D eigenvalue weighted by Gasteiger charge is 2.35. The van der Waals surface area contributed by atoms with Crippen LogP contribution in [-0.2, 0) is 10.7 Å². The second-order valence-corrected chi connectivity index (χ2v) is 5.22. The van der Waals surface area contributed by atoms with Gasteiger partial charge in [0, 0.05) is 17.2 Å². The highest BCUT2D eigenvalue weighted by atomic mass is 35.5. The lowest BCUT2D eigenvalue weighted by Gasteiger charge is -2.21. The lowest BCUT2D eigenvalue weighted by atomic mass is 9.93. The van der Waals surface area contributed by atoms with Gasteiger partial charge >= 0.3 is 5.97 Å². The summed E-state index contributed by atoms with van der Waals surface area (Å²) in [4.78, 5) is 10.7. The van der Waals surface area contributed by atoms with E-state index in [1.165, 1.54) is 24.3 Å². The predicted octanol–water partition coefficient (Wildman–Crippen LogP) is 4.03. The molecule has 0 aliphatic heterocycles. The molecule has 3 nitrogen and oxygen atoms in total. The van der Waals surface area contributed by atoms with E-state index in [-0.39, 0.29) is 30.0 Å². The summed E-state index contributed by atoms with van der Waals surface area (Å²) in [7, 11) is 0. The topological polar surface area (TPSA) is 63.3 Å². The van der Waals surface area contributed by atoms with Crippen LogP contribution >= 0.6 is 12.4 Å². The van der Waals surface area contributed by atoms with Crippen molar-refractivity contribution in [1.82, 2.24) is 0 Å². The third-order valence-electron chi connectivity index (χ3n) is 3.56. The molecule has 6 heteroatoms. The van der Waals surface area contributed by atoms with Crippen LogP contribution in [0.5, 0.6) is 0 Å². The lowest BCUT2D eigenvalue weighted by Crippen LogP contribution is -2.19. The van der Waals surface area contributed by atoms with Crippen molar-refractivity contribution in [2.45, 2.75) is 25.3 Å². The maximum Gasteiger partial charge on any atom is 0.305 e. The minimum absolute atomic E-state index is 0. The molecule has 0 saturated heterocycles. The molecule has 1 atom stereocenters. The van der Waals surface area contributed by atoms with Gasteiger partial charge < -0.3 is 10.8 Å². The Kier molecular flexibility index (Phi) is 6.24. The van der Waals surface area contributed by atoms with Gasteiger partial charge in [-0.2, -0.15) is 8.78 Å². The van der Waals surface area contributed by atoms with Gasteiger partial charge in [-0.1, -0.05) is 42.5 Å². The van der Waals surface area contributed by atoms with E-state index in [0.717, 1.165) is 0 Å². The average Bonchev–Trinajstić information content (AvgIpc) is 2.47. The van der Waals surface area contributed by atoms with Gasteiger partial charge in [-0.25, -0.2) is 0 Å². The fraction of sp³-hybridized carbons (Fsp3) is 0.235. The third-order valence-corrected chi connectivity index (χ3v) is 3.56. The highest BCUT2D eigenvalue weighted by Crippen LogP contribution is 2.38. The molecule has 124 valence electrons. The number of carboxylic acid groups (broad SMARTS) is 1. The summed E-state index contributed by atoms with van der Waals surface area (Å²) >= 11 is 0. The van der Waals surface area contributed by atoms with E-state index in [0.29, 0.717) is 11.1 Å². The Morgan fingerprint density at radius 2 is 1.87 bits per heavy atom. The molecule has 0 aromatic heterocycles. The van der Waals surface area contributed by atoms with Gasteiger partial charge in [0.2, 0.25) is 0 Å². The molecule has 2 aromatic rings. The number of rotatable bonds is 5. The molecule has 0 radical (unpaired) electrons. The van der Waals surface area contributed by atoms with Crippen molar-refractivity contribution in [2.75, 3.05) is 0 Å². The first-order chi connectivity index (χ1) is 10.3. The Bertz CT molecular complexity index is 692. The number of carbonyl (C=O) groups is 1. The van der Waals surface area contributed by atoms with Crippen LogP contribution in [0.4, 0.5) is 8.78 Å². The maximum atomic E-state index is 14.7. The summed E-state index contributed by atoms with van der Waals surface area (Å²) in [6, 6.07) is 11.1. The van der Waals surface area contributed by atoms with Crippen LogP contribution in [0, 0.1) is 6.92 Å². The molecular weight excluding hydrogens is 324 g/mol. The van der Waals surface area contributed by atoms with E-state index >= 15 is 0 Å². The molecule has 2 rings (SSSR count). The van der Waals surface area contributed by atoms with Crippen molar-refractivity contribution in [2.24, 2.45) is 5.73 Å². The van der Waals surface area contributed by atoms with Crippen LogP contribution in [0.25, 0.3) is 0 Å². The van der Waals surface area contributed by atoms with E-state index in [2.05, 4.69) is 0 Å². The van der Waals surface area contributed by atoms with E-state index in [9.17, 15) is 13.6 Å². The zero-order valence-corrected chi connectivity index (χ0v) is 13.3. The van der Waals surface area contributed by atoms with Gasteiger partial charge in [0.05, 0.1) is 6.42 Å². The fourth-order valence-electron chi connectivity index (χ4n) is 2.35. The van der Waals surface area contributed by atoms with Crippen molar-refractivity contribution in [3.8, 4) is 0 Å². The van der Waals surface area contributed by atoms with Crippen molar-refractivity contribution < 1.29 is 18.7 Å². The standard InChI is InChI=1S/C17H17F2NO2.ClH/c1-11-5-2-3-8-14(11)17(18,19)13-7-4-6-12(9-13)15(20)10-16(21)22;/h2-9,15H,10,20H2,1H3,(H,21,22);1H/t15-;/m0./s1. The Morgan fingerprint density at radius 1 is 1.22 bits per heavy atom. The van der Waals surface area contributed by atoms with E-state index in [1.807, 2.05) is 0 Å². The number of nitrogens with two attached hydrogens (primary N) is 1. The number of hydrogen-bond acceptors (Lipinski definition) is 2. The zero-order chi connectivity index (χ0) is 16.3. The summed E-state index contributed by atoms with van der Waals surface area (Å²) in [5.41, 5.74) is 6.36. The quantitative estimate of drug-likeness (QED) is 0.863. The van der Waals surface area contributed by atoms with E-state index < -0.39 is 17.9 Å². The molecule has 0 saturated carbocycles. The minimum Gasteiger partial charge on any atom is -0.481 e. The molecule has 0 spiro atoms. The molecule has 0 aliphatic rings. The maximum absolute atomic E-state index is 14.7.